The molecule has 2 rings (SSSR count). The van der Waals surface area contributed by atoms with Gasteiger partial charge in [-0.05, 0) is 26.3 Å². The van der Waals surface area contributed by atoms with Crippen LogP contribution in [0.15, 0.2) is 6.20 Å². The summed E-state index contributed by atoms with van der Waals surface area (Å²) in [6.45, 7) is 6.59. The third-order valence-corrected chi connectivity index (χ3v) is 3.67. The highest BCUT2D eigenvalue weighted by Gasteiger charge is 2.30. The van der Waals surface area contributed by atoms with Crippen molar-refractivity contribution in [2.45, 2.75) is 38.5 Å². The van der Waals surface area contributed by atoms with E-state index in [9.17, 15) is 0 Å². The number of hydrogen-bond acceptors (Lipinski definition) is 5. The quantitative estimate of drug-likeness (QED) is 0.814. The molecule has 0 saturated carbocycles. The van der Waals surface area contributed by atoms with Crippen LogP contribution in [0.3, 0.4) is 0 Å². The predicted octanol–water partition coefficient (Wildman–Crippen LogP) is 0.238. The number of piperidine rings is 1. The Kier molecular flexibility index (Phi) is 4.31. The molecule has 1 aromatic heterocycles. The van der Waals surface area contributed by atoms with Crippen LogP contribution in [0.25, 0.3) is 0 Å². The van der Waals surface area contributed by atoms with Gasteiger partial charge < -0.3 is 10.5 Å². The molecule has 0 aromatic carbocycles. The van der Waals surface area contributed by atoms with Crippen LogP contribution in [0.4, 0.5) is 0 Å². The van der Waals surface area contributed by atoms with Crippen LogP contribution in [0.5, 0.6) is 0 Å². The van der Waals surface area contributed by atoms with Gasteiger partial charge in [0, 0.05) is 32.9 Å². The molecule has 1 aromatic rings. The standard InChI is InChI=1S/C12H23N5O/c1-12(18-2)4-3-5-16(10-12)6-7-17-9-11(8-13)14-15-17/h9H,3-8,10,13H2,1-2H3. The minimum absolute atomic E-state index is 0.00301. The van der Waals surface area contributed by atoms with E-state index < -0.39 is 0 Å². The van der Waals surface area contributed by atoms with Crippen molar-refractivity contribution in [1.82, 2.24) is 19.9 Å². The van der Waals surface area contributed by atoms with Crippen molar-refractivity contribution in [3.8, 4) is 0 Å². The van der Waals surface area contributed by atoms with Gasteiger partial charge in [-0.15, -0.1) is 5.10 Å². The highest BCUT2D eigenvalue weighted by atomic mass is 16.5. The van der Waals surface area contributed by atoms with E-state index in [0.29, 0.717) is 6.54 Å². The molecule has 2 N–H and O–H groups in total. The number of aromatic nitrogens is 3. The Labute approximate surface area is 108 Å². The predicted molar refractivity (Wildman–Crippen MR) is 69.0 cm³/mol. The minimum atomic E-state index is 0.00301. The van der Waals surface area contributed by atoms with Crippen molar-refractivity contribution < 1.29 is 4.74 Å². The average Bonchev–Trinajstić information content (AvgIpc) is 2.85. The highest BCUT2D eigenvalue weighted by Crippen LogP contribution is 2.23. The zero-order valence-corrected chi connectivity index (χ0v) is 11.3. The molecular weight excluding hydrogens is 230 g/mol. The summed E-state index contributed by atoms with van der Waals surface area (Å²) in [6.07, 6.45) is 4.25. The summed E-state index contributed by atoms with van der Waals surface area (Å²) < 4.78 is 7.45. The monoisotopic (exact) mass is 253 g/mol. The Morgan fingerprint density at radius 3 is 3.00 bits per heavy atom. The maximum Gasteiger partial charge on any atom is 0.0962 e. The van der Waals surface area contributed by atoms with Gasteiger partial charge in [0.1, 0.15) is 0 Å². The SMILES string of the molecule is COC1(C)CCCN(CCn2cc(CN)nn2)C1. The Morgan fingerprint density at radius 2 is 2.33 bits per heavy atom. The van der Waals surface area contributed by atoms with Gasteiger partial charge in [-0.3, -0.25) is 9.58 Å². The maximum absolute atomic E-state index is 5.59. The van der Waals surface area contributed by atoms with Crippen LogP contribution in [-0.2, 0) is 17.8 Å². The third-order valence-electron chi connectivity index (χ3n) is 3.67. The molecule has 0 bridgehead atoms. The topological polar surface area (TPSA) is 69.2 Å². The molecule has 18 heavy (non-hydrogen) atoms. The maximum atomic E-state index is 5.59. The number of hydrogen-bond donors (Lipinski definition) is 1. The van der Waals surface area contributed by atoms with Crippen molar-refractivity contribution in [2.75, 3.05) is 26.7 Å². The van der Waals surface area contributed by atoms with E-state index in [1.807, 2.05) is 10.9 Å². The second kappa shape index (κ2) is 5.77. The van der Waals surface area contributed by atoms with Gasteiger partial charge in [-0.2, -0.15) is 0 Å². The van der Waals surface area contributed by atoms with Gasteiger partial charge in [-0.25, -0.2) is 0 Å². The molecule has 1 aliphatic heterocycles. The third kappa shape index (κ3) is 3.28. The number of methoxy groups -OCH3 is 1. The fourth-order valence-corrected chi connectivity index (χ4v) is 2.45. The van der Waals surface area contributed by atoms with Crippen molar-refractivity contribution in [3.05, 3.63) is 11.9 Å². The van der Waals surface area contributed by atoms with E-state index in [2.05, 4.69) is 22.1 Å². The van der Waals surface area contributed by atoms with Crippen LogP contribution in [0.2, 0.25) is 0 Å². The lowest BCUT2D eigenvalue weighted by Crippen LogP contribution is -2.48. The Bertz CT molecular complexity index is 380. The zero-order valence-electron chi connectivity index (χ0n) is 11.3. The van der Waals surface area contributed by atoms with E-state index >= 15 is 0 Å². The number of nitrogens with two attached hydrogens (primary N) is 1. The first-order valence-corrected chi connectivity index (χ1v) is 6.52. The van der Waals surface area contributed by atoms with Crippen LogP contribution in [-0.4, -0.2) is 52.2 Å². The molecule has 0 aliphatic carbocycles. The van der Waals surface area contributed by atoms with Gasteiger partial charge >= 0.3 is 0 Å². The molecule has 0 spiro atoms. The van der Waals surface area contributed by atoms with Gasteiger partial charge in [0.05, 0.1) is 17.8 Å². The molecular formula is C12H23N5O. The fraction of sp³-hybridized carbons (Fsp3) is 0.833. The van der Waals surface area contributed by atoms with E-state index in [4.69, 9.17) is 10.5 Å². The molecule has 0 radical (unpaired) electrons. The Balaban J connectivity index is 1.82. The van der Waals surface area contributed by atoms with Crippen LogP contribution in [0, 0.1) is 0 Å². The van der Waals surface area contributed by atoms with Crippen molar-refractivity contribution in [1.29, 1.82) is 0 Å². The largest absolute Gasteiger partial charge is 0.377 e. The number of nitrogens with zero attached hydrogens (tertiary/aromatic N) is 4. The van der Waals surface area contributed by atoms with E-state index in [1.165, 1.54) is 6.42 Å². The second-order valence-corrected chi connectivity index (χ2v) is 5.21. The summed E-state index contributed by atoms with van der Waals surface area (Å²) in [6, 6.07) is 0. The first kappa shape index (κ1) is 13.5. The summed E-state index contributed by atoms with van der Waals surface area (Å²) in [5.41, 5.74) is 6.36. The lowest BCUT2D eigenvalue weighted by Gasteiger charge is -2.39. The summed E-state index contributed by atoms with van der Waals surface area (Å²) >= 11 is 0. The molecule has 6 nitrogen and oxygen atoms in total. The van der Waals surface area contributed by atoms with E-state index in [1.54, 1.807) is 7.11 Å². The van der Waals surface area contributed by atoms with Gasteiger partial charge in [0.2, 0.25) is 0 Å². The molecule has 1 fully saturated rings. The average molecular weight is 253 g/mol. The molecule has 1 saturated heterocycles. The second-order valence-electron chi connectivity index (χ2n) is 5.21. The van der Waals surface area contributed by atoms with Gasteiger partial charge in [0.15, 0.2) is 0 Å². The molecule has 102 valence electrons. The van der Waals surface area contributed by atoms with Crippen molar-refractivity contribution in [3.63, 3.8) is 0 Å². The van der Waals surface area contributed by atoms with Crippen LogP contribution >= 0.6 is 0 Å². The van der Waals surface area contributed by atoms with Crippen LogP contribution in [0.1, 0.15) is 25.5 Å². The number of ether oxygens (including phenoxy) is 1. The molecule has 1 unspecified atom stereocenters. The van der Waals surface area contributed by atoms with Crippen LogP contribution < -0.4 is 5.73 Å². The smallest absolute Gasteiger partial charge is 0.0962 e. The lowest BCUT2D eigenvalue weighted by atomic mass is 9.95. The van der Waals surface area contributed by atoms with Crippen molar-refractivity contribution in [2.24, 2.45) is 5.73 Å². The highest BCUT2D eigenvalue weighted by molar-refractivity contribution is 4.90. The first-order valence-electron chi connectivity index (χ1n) is 6.52. The van der Waals surface area contributed by atoms with E-state index in [0.717, 1.165) is 38.3 Å². The molecule has 1 aliphatic rings. The van der Waals surface area contributed by atoms with Gasteiger partial charge in [0.25, 0.3) is 0 Å². The normalized spacial score (nSPS) is 25.5. The Morgan fingerprint density at radius 1 is 1.50 bits per heavy atom. The summed E-state index contributed by atoms with van der Waals surface area (Å²) in [4.78, 5) is 2.43. The lowest BCUT2D eigenvalue weighted by molar-refractivity contribution is -0.0513. The minimum Gasteiger partial charge on any atom is -0.377 e. The fourth-order valence-electron chi connectivity index (χ4n) is 2.45. The Hall–Kier alpha value is -0.980. The summed E-state index contributed by atoms with van der Waals surface area (Å²) in [5, 5.41) is 8.04. The van der Waals surface area contributed by atoms with E-state index in [-0.39, 0.29) is 5.60 Å². The van der Waals surface area contributed by atoms with Gasteiger partial charge in [-0.1, -0.05) is 5.21 Å². The zero-order chi connectivity index (χ0) is 13.0. The molecule has 0 amide bonds. The summed E-state index contributed by atoms with van der Waals surface area (Å²) in [7, 11) is 1.80. The summed E-state index contributed by atoms with van der Waals surface area (Å²) in [5.74, 6) is 0. The first-order chi connectivity index (χ1) is 8.65. The molecule has 1 atom stereocenters. The van der Waals surface area contributed by atoms with Crippen molar-refractivity contribution >= 4 is 0 Å². The number of likely N-dealkylation sites (tertiary alicyclic amines) is 1. The number of rotatable bonds is 5. The molecule has 2 heterocycles. The molecule has 6 heteroatoms.